The molecular weight excluding hydrogens is 321 g/mol. The Bertz CT molecular complexity index is 812. The SMILES string of the molecule is O=C1CC2(CCN(Cc3ccccc3F)CC2)Oc2cc(O)ccc21. The molecule has 0 saturated carbocycles. The lowest BCUT2D eigenvalue weighted by atomic mass is 9.82. The summed E-state index contributed by atoms with van der Waals surface area (Å²) in [6.45, 7) is 2.06. The monoisotopic (exact) mass is 341 g/mol. The first kappa shape index (κ1) is 16.1. The van der Waals surface area contributed by atoms with Crippen molar-refractivity contribution in [2.24, 2.45) is 0 Å². The number of ketones is 1. The third-order valence-corrected chi connectivity index (χ3v) is 5.19. The molecule has 2 aromatic carbocycles. The highest BCUT2D eigenvalue weighted by molar-refractivity contribution is 6.00. The van der Waals surface area contributed by atoms with Crippen LogP contribution in [0.1, 0.15) is 35.2 Å². The van der Waals surface area contributed by atoms with Gasteiger partial charge in [0.2, 0.25) is 0 Å². The molecule has 1 spiro atoms. The van der Waals surface area contributed by atoms with Gasteiger partial charge in [0, 0.05) is 44.1 Å². The normalized spacial score (nSPS) is 19.5. The van der Waals surface area contributed by atoms with Crippen LogP contribution in [0.15, 0.2) is 42.5 Å². The molecule has 2 heterocycles. The number of phenolic OH excluding ortho intramolecular Hbond substituents is 1. The third kappa shape index (κ3) is 3.12. The van der Waals surface area contributed by atoms with Crippen LogP contribution in [0.5, 0.6) is 11.5 Å². The summed E-state index contributed by atoms with van der Waals surface area (Å²) >= 11 is 0. The number of carbonyl (C=O) groups excluding carboxylic acids is 1. The minimum absolute atomic E-state index is 0.0591. The second-order valence-electron chi connectivity index (χ2n) is 6.93. The number of likely N-dealkylation sites (tertiary alicyclic amines) is 1. The lowest BCUT2D eigenvalue weighted by Crippen LogP contribution is -2.50. The van der Waals surface area contributed by atoms with Gasteiger partial charge in [-0.15, -0.1) is 0 Å². The summed E-state index contributed by atoms with van der Waals surface area (Å²) < 4.78 is 20.0. The van der Waals surface area contributed by atoms with Crippen molar-refractivity contribution in [3.8, 4) is 11.5 Å². The molecule has 2 aliphatic heterocycles. The molecule has 2 aromatic rings. The van der Waals surface area contributed by atoms with E-state index < -0.39 is 5.60 Å². The molecule has 0 aromatic heterocycles. The van der Waals surface area contributed by atoms with Gasteiger partial charge in [-0.2, -0.15) is 0 Å². The fourth-order valence-electron chi connectivity index (χ4n) is 3.75. The summed E-state index contributed by atoms with van der Waals surface area (Å²) in [5.74, 6) is 0.444. The van der Waals surface area contributed by atoms with Crippen molar-refractivity contribution in [3.05, 3.63) is 59.4 Å². The molecule has 5 heteroatoms. The van der Waals surface area contributed by atoms with Gasteiger partial charge >= 0.3 is 0 Å². The Morgan fingerprint density at radius 1 is 1.16 bits per heavy atom. The zero-order valence-corrected chi connectivity index (χ0v) is 13.9. The number of hydrogen-bond donors (Lipinski definition) is 1. The van der Waals surface area contributed by atoms with Crippen molar-refractivity contribution < 1.29 is 19.0 Å². The Morgan fingerprint density at radius 3 is 2.68 bits per heavy atom. The second kappa shape index (κ2) is 6.15. The Kier molecular flexibility index (Phi) is 3.96. The molecule has 4 rings (SSSR count). The van der Waals surface area contributed by atoms with Crippen LogP contribution in [-0.2, 0) is 6.54 Å². The van der Waals surface area contributed by atoms with Gasteiger partial charge in [-0.25, -0.2) is 4.39 Å². The Labute approximate surface area is 145 Å². The summed E-state index contributed by atoms with van der Waals surface area (Å²) in [4.78, 5) is 14.7. The number of Topliss-reactive ketones (excluding diaryl/α,β-unsaturated/α-hetero) is 1. The maximum Gasteiger partial charge on any atom is 0.170 e. The predicted octanol–water partition coefficient (Wildman–Crippen LogP) is 3.53. The number of ether oxygens (including phenoxy) is 1. The standard InChI is InChI=1S/C20H20FNO3/c21-17-4-2-1-3-14(17)13-22-9-7-20(8-10-22)12-18(24)16-6-5-15(23)11-19(16)25-20/h1-6,11,23H,7-10,12-13H2. The average Bonchev–Trinajstić information content (AvgIpc) is 2.58. The van der Waals surface area contributed by atoms with Crippen LogP contribution in [-0.4, -0.2) is 34.5 Å². The summed E-state index contributed by atoms with van der Waals surface area (Å²) in [7, 11) is 0. The van der Waals surface area contributed by atoms with Crippen molar-refractivity contribution in [1.29, 1.82) is 0 Å². The maximum absolute atomic E-state index is 13.8. The van der Waals surface area contributed by atoms with Crippen LogP contribution in [0.25, 0.3) is 0 Å². The number of piperidine rings is 1. The number of phenols is 1. The number of fused-ring (bicyclic) bond motifs is 1. The van der Waals surface area contributed by atoms with E-state index >= 15 is 0 Å². The van der Waals surface area contributed by atoms with Crippen LogP contribution in [0.4, 0.5) is 4.39 Å². The molecule has 25 heavy (non-hydrogen) atoms. The molecule has 0 atom stereocenters. The van der Waals surface area contributed by atoms with Crippen molar-refractivity contribution in [2.75, 3.05) is 13.1 Å². The number of aromatic hydroxyl groups is 1. The van der Waals surface area contributed by atoms with E-state index in [1.165, 1.54) is 18.2 Å². The van der Waals surface area contributed by atoms with Gasteiger partial charge in [0.05, 0.1) is 12.0 Å². The van der Waals surface area contributed by atoms with E-state index in [1.807, 2.05) is 6.07 Å². The quantitative estimate of drug-likeness (QED) is 0.908. The van der Waals surface area contributed by atoms with Gasteiger partial charge < -0.3 is 9.84 Å². The van der Waals surface area contributed by atoms with Crippen molar-refractivity contribution in [1.82, 2.24) is 4.90 Å². The molecule has 0 bridgehead atoms. The lowest BCUT2D eigenvalue weighted by molar-refractivity contribution is -0.0110. The number of benzene rings is 2. The summed E-state index contributed by atoms with van der Waals surface area (Å²) in [6.07, 6.45) is 1.78. The van der Waals surface area contributed by atoms with Crippen molar-refractivity contribution >= 4 is 5.78 Å². The van der Waals surface area contributed by atoms with E-state index in [2.05, 4.69) is 4.90 Å². The molecule has 0 amide bonds. The Hall–Kier alpha value is -2.40. The highest BCUT2D eigenvalue weighted by Crippen LogP contribution is 2.40. The molecule has 2 aliphatic rings. The highest BCUT2D eigenvalue weighted by Gasteiger charge is 2.43. The fourth-order valence-corrected chi connectivity index (χ4v) is 3.75. The number of hydrogen-bond acceptors (Lipinski definition) is 4. The lowest BCUT2D eigenvalue weighted by Gasteiger charge is -2.44. The molecule has 1 fully saturated rings. The van der Waals surface area contributed by atoms with Crippen molar-refractivity contribution in [2.45, 2.75) is 31.4 Å². The van der Waals surface area contributed by atoms with E-state index in [0.29, 0.717) is 42.7 Å². The molecule has 0 radical (unpaired) electrons. The topological polar surface area (TPSA) is 49.8 Å². The largest absolute Gasteiger partial charge is 0.508 e. The molecular formula is C20H20FNO3. The third-order valence-electron chi connectivity index (χ3n) is 5.19. The molecule has 0 aliphatic carbocycles. The van der Waals surface area contributed by atoms with Crippen LogP contribution >= 0.6 is 0 Å². The zero-order chi connectivity index (χ0) is 17.4. The van der Waals surface area contributed by atoms with E-state index in [1.54, 1.807) is 18.2 Å². The van der Waals surface area contributed by atoms with Crippen LogP contribution in [0.2, 0.25) is 0 Å². The predicted molar refractivity (Wildman–Crippen MR) is 91.3 cm³/mol. The molecule has 130 valence electrons. The van der Waals surface area contributed by atoms with Gasteiger partial charge in [-0.05, 0) is 18.2 Å². The Morgan fingerprint density at radius 2 is 1.92 bits per heavy atom. The minimum atomic E-state index is -0.510. The first-order chi connectivity index (χ1) is 12.0. The molecule has 1 saturated heterocycles. The number of rotatable bonds is 2. The average molecular weight is 341 g/mol. The first-order valence-electron chi connectivity index (χ1n) is 8.56. The number of carbonyl (C=O) groups is 1. The van der Waals surface area contributed by atoms with E-state index in [4.69, 9.17) is 4.74 Å². The fraction of sp³-hybridized carbons (Fsp3) is 0.350. The van der Waals surface area contributed by atoms with E-state index in [0.717, 1.165) is 13.1 Å². The smallest absolute Gasteiger partial charge is 0.170 e. The number of halogens is 1. The van der Waals surface area contributed by atoms with Gasteiger partial charge in [0.25, 0.3) is 0 Å². The molecule has 0 unspecified atom stereocenters. The van der Waals surface area contributed by atoms with Crippen LogP contribution in [0, 0.1) is 5.82 Å². The van der Waals surface area contributed by atoms with Crippen LogP contribution < -0.4 is 4.74 Å². The van der Waals surface area contributed by atoms with E-state index in [9.17, 15) is 14.3 Å². The minimum Gasteiger partial charge on any atom is -0.508 e. The van der Waals surface area contributed by atoms with Gasteiger partial charge in [-0.3, -0.25) is 9.69 Å². The van der Waals surface area contributed by atoms with Gasteiger partial charge in [-0.1, -0.05) is 18.2 Å². The summed E-state index contributed by atoms with van der Waals surface area (Å²) in [5, 5.41) is 9.66. The zero-order valence-electron chi connectivity index (χ0n) is 13.9. The first-order valence-corrected chi connectivity index (χ1v) is 8.56. The van der Waals surface area contributed by atoms with Gasteiger partial charge in [0.1, 0.15) is 22.9 Å². The summed E-state index contributed by atoms with van der Waals surface area (Å²) in [6, 6.07) is 11.5. The number of nitrogens with zero attached hydrogens (tertiary/aromatic N) is 1. The van der Waals surface area contributed by atoms with E-state index in [-0.39, 0.29) is 17.3 Å². The molecule has 4 nitrogen and oxygen atoms in total. The van der Waals surface area contributed by atoms with Crippen LogP contribution in [0.3, 0.4) is 0 Å². The maximum atomic E-state index is 13.8. The highest BCUT2D eigenvalue weighted by atomic mass is 19.1. The second-order valence-corrected chi connectivity index (χ2v) is 6.93. The van der Waals surface area contributed by atoms with Crippen molar-refractivity contribution in [3.63, 3.8) is 0 Å². The van der Waals surface area contributed by atoms with Gasteiger partial charge in [0.15, 0.2) is 5.78 Å². The molecule has 1 N–H and O–H groups in total. The Balaban J connectivity index is 1.46. The summed E-state index contributed by atoms with van der Waals surface area (Å²) in [5.41, 5.74) is 0.718.